The van der Waals surface area contributed by atoms with Crippen LogP contribution in [0.15, 0.2) is 54.1 Å². The first-order chi connectivity index (χ1) is 12.8. The van der Waals surface area contributed by atoms with Crippen molar-refractivity contribution in [3.8, 4) is 0 Å². The molecule has 1 N–H and O–H groups in total. The maximum absolute atomic E-state index is 13.8. The Balaban J connectivity index is 2.19. The molecule has 0 spiro atoms. The van der Waals surface area contributed by atoms with Crippen LogP contribution in [-0.4, -0.2) is 28.2 Å². The third-order valence-corrected chi connectivity index (χ3v) is 4.64. The molecule has 1 aliphatic rings. The number of hydrogen-bond donors (Lipinski definition) is 1. The van der Waals surface area contributed by atoms with E-state index in [9.17, 15) is 19.1 Å². The van der Waals surface area contributed by atoms with Gasteiger partial charge >= 0.3 is 0 Å². The van der Waals surface area contributed by atoms with Gasteiger partial charge in [0.05, 0.1) is 11.6 Å². The van der Waals surface area contributed by atoms with Crippen molar-refractivity contribution in [2.75, 3.05) is 6.54 Å². The van der Waals surface area contributed by atoms with Gasteiger partial charge in [-0.2, -0.15) is 0 Å². The lowest BCUT2D eigenvalue weighted by atomic mass is 9.95. The number of hydrogen-bond acceptors (Lipinski definition) is 3. The Hall–Kier alpha value is -2.66. The van der Waals surface area contributed by atoms with E-state index in [1.165, 1.54) is 23.1 Å². The Morgan fingerprint density at radius 1 is 1.19 bits per heavy atom. The topological polar surface area (TPSA) is 57.6 Å². The molecule has 6 heteroatoms. The van der Waals surface area contributed by atoms with E-state index < -0.39 is 23.5 Å². The number of aliphatic hydroxyl groups excluding tert-OH is 1. The fourth-order valence-corrected chi connectivity index (χ4v) is 3.37. The smallest absolute Gasteiger partial charge is 0.295 e. The summed E-state index contributed by atoms with van der Waals surface area (Å²) in [6.45, 7) is 4.14. The highest BCUT2D eigenvalue weighted by molar-refractivity contribution is 6.46. The lowest BCUT2D eigenvalue weighted by Gasteiger charge is -2.26. The van der Waals surface area contributed by atoms with Crippen LogP contribution < -0.4 is 0 Å². The van der Waals surface area contributed by atoms with Crippen molar-refractivity contribution in [1.82, 2.24) is 4.90 Å². The van der Waals surface area contributed by atoms with Gasteiger partial charge in [-0.15, -0.1) is 0 Å². The van der Waals surface area contributed by atoms with Crippen molar-refractivity contribution in [2.24, 2.45) is 5.92 Å². The third-order valence-electron chi connectivity index (χ3n) is 4.38. The molecule has 0 radical (unpaired) electrons. The summed E-state index contributed by atoms with van der Waals surface area (Å²) in [5, 5.41) is 11.3. The average Bonchev–Trinajstić information content (AvgIpc) is 2.86. The number of amides is 1. The van der Waals surface area contributed by atoms with Crippen molar-refractivity contribution in [2.45, 2.75) is 19.9 Å². The number of carbonyl (C=O) groups excluding carboxylic acids is 2. The molecule has 140 valence electrons. The number of Topliss-reactive ketones (excluding diaryl/α,β-unsaturated/α-hetero) is 1. The Morgan fingerprint density at radius 3 is 2.44 bits per heavy atom. The van der Waals surface area contributed by atoms with E-state index in [0.29, 0.717) is 22.7 Å². The van der Waals surface area contributed by atoms with Crippen molar-refractivity contribution >= 4 is 29.1 Å². The number of likely N-dealkylation sites (tertiary alicyclic amines) is 1. The molecule has 0 aromatic heterocycles. The van der Waals surface area contributed by atoms with E-state index >= 15 is 0 Å². The third kappa shape index (κ3) is 3.74. The second-order valence-electron chi connectivity index (χ2n) is 6.91. The molecule has 0 saturated carbocycles. The first kappa shape index (κ1) is 19.1. The normalized spacial score (nSPS) is 19.1. The zero-order valence-electron chi connectivity index (χ0n) is 14.9. The van der Waals surface area contributed by atoms with Gasteiger partial charge in [0.15, 0.2) is 0 Å². The van der Waals surface area contributed by atoms with Crippen LogP contribution in [0.4, 0.5) is 4.39 Å². The van der Waals surface area contributed by atoms with Crippen LogP contribution in [0, 0.1) is 11.7 Å². The molecule has 3 rings (SSSR count). The summed E-state index contributed by atoms with van der Waals surface area (Å²) in [7, 11) is 0. The first-order valence-electron chi connectivity index (χ1n) is 8.59. The maximum atomic E-state index is 13.8. The number of ketones is 1. The number of halogens is 2. The van der Waals surface area contributed by atoms with Crippen LogP contribution in [0.3, 0.4) is 0 Å². The second-order valence-corrected chi connectivity index (χ2v) is 7.34. The molecule has 4 nitrogen and oxygen atoms in total. The van der Waals surface area contributed by atoms with Gasteiger partial charge in [0, 0.05) is 17.1 Å². The minimum atomic E-state index is -0.848. The molecule has 1 atom stereocenters. The monoisotopic (exact) mass is 387 g/mol. The van der Waals surface area contributed by atoms with E-state index in [0.717, 1.165) is 0 Å². The second kappa shape index (κ2) is 7.53. The van der Waals surface area contributed by atoms with Gasteiger partial charge in [0.25, 0.3) is 11.7 Å². The van der Waals surface area contributed by atoms with Gasteiger partial charge < -0.3 is 10.0 Å². The highest BCUT2D eigenvalue weighted by Crippen LogP contribution is 2.40. The predicted octanol–water partition coefficient (Wildman–Crippen LogP) is 4.56. The minimum absolute atomic E-state index is 0.0476. The molecule has 1 fully saturated rings. The van der Waals surface area contributed by atoms with Gasteiger partial charge in [-0.1, -0.05) is 37.6 Å². The first-order valence-corrected chi connectivity index (χ1v) is 8.97. The molecule has 1 saturated heterocycles. The Morgan fingerprint density at radius 2 is 1.85 bits per heavy atom. The number of aliphatic hydroxyl groups is 1. The van der Waals surface area contributed by atoms with Gasteiger partial charge in [-0.25, -0.2) is 4.39 Å². The highest BCUT2D eigenvalue weighted by atomic mass is 35.5. The number of benzene rings is 2. The van der Waals surface area contributed by atoms with Crippen molar-refractivity contribution < 1.29 is 19.1 Å². The van der Waals surface area contributed by atoms with Gasteiger partial charge in [0.1, 0.15) is 11.6 Å². The number of rotatable bonds is 4. The van der Waals surface area contributed by atoms with Crippen LogP contribution >= 0.6 is 11.6 Å². The van der Waals surface area contributed by atoms with E-state index in [4.69, 9.17) is 11.6 Å². The van der Waals surface area contributed by atoms with Crippen LogP contribution in [0.25, 0.3) is 5.76 Å². The molecule has 1 aliphatic heterocycles. The van der Waals surface area contributed by atoms with Crippen LogP contribution in [-0.2, 0) is 9.59 Å². The number of carbonyl (C=O) groups is 2. The van der Waals surface area contributed by atoms with E-state index in [1.54, 1.807) is 30.3 Å². The fourth-order valence-electron chi connectivity index (χ4n) is 3.25. The van der Waals surface area contributed by atoms with Crippen molar-refractivity contribution in [3.05, 3.63) is 76.1 Å². The number of nitrogens with zero attached hydrogens (tertiary/aromatic N) is 1. The summed E-state index contributed by atoms with van der Waals surface area (Å²) < 4.78 is 13.8. The van der Waals surface area contributed by atoms with Crippen molar-refractivity contribution in [3.63, 3.8) is 0 Å². The van der Waals surface area contributed by atoms with Gasteiger partial charge in [-0.05, 0) is 47.9 Å². The van der Waals surface area contributed by atoms with Crippen LogP contribution in [0.2, 0.25) is 5.02 Å². The molecule has 1 heterocycles. The molecule has 1 unspecified atom stereocenters. The minimum Gasteiger partial charge on any atom is -0.507 e. The Labute approximate surface area is 161 Å². The lowest BCUT2D eigenvalue weighted by Crippen LogP contribution is -2.33. The fraction of sp³-hybridized carbons (Fsp3) is 0.238. The lowest BCUT2D eigenvalue weighted by molar-refractivity contribution is -0.140. The molecule has 1 amide bonds. The quantitative estimate of drug-likeness (QED) is 0.475. The SMILES string of the molecule is CC(C)CN1C(=O)C(=O)/C(=C(\O)c2ccc(Cl)cc2)C1c1cccc(F)c1. The van der Waals surface area contributed by atoms with E-state index in [-0.39, 0.29) is 17.3 Å². The Kier molecular flexibility index (Phi) is 5.33. The predicted molar refractivity (Wildman–Crippen MR) is 102 cm³/mol. The Bertz CT molecular complexity index is 921. The summed E-state index contributed by atoms with van der Waals surface area (Å²) in [4.78, 5) is 26.7. The molecule has 2 aromatic rings. The van der Waals surface area contributed by atoms with Crippen LogP contribution in [0.5, 0.6) is 0 Å². The maximum Gasteiger partial charge on any atom is 0.295 e. The van der Waals surface area contributed by atoms with E-state index in [2.05, 4.69) is 0 Å². The molecule has 27 heavy (non-hydrogen) atoms. The highest BCUT2D eigenvalue weighted by Gasteiger charge is 2.46. The summed E-state index contributed by atoms with van der Waals surface area (Å²) in [6, 6.07) is 11.2. The zero-order chi connectivity index (χ0) is 19.7. The molecular formula is C21H19ClFNO3. The van der Waals surface area contributed by atoms with Gasteiger partial charge in [0.2, 0.25) is 0 Å². The molecular weight excluding hydrogens is 369 g/mol. The summed E-state index contributed by atoms with van der Waals surface area (Å²) >= 11 is 5.88. The van der Waals surface area contributed by atoms with Crippen molar-refractivity contribution in [1.29, 1.82) is 0 Å². The summed E-state index contributed by atoms with van der Waals surface area (Å²) in [6.07, 6.45) is 0. The summed E-state index contributed by atoms with van der Waals surface area (Å²) in [5.74, 6) is -2.17. The average molecular weight is 388 g/mol. The van der Waals surface area contributed by atoms with Gasteiger partial charge in [-0.3, -0.25) is 9.59 Å². The molecule has 0 bridgehead atoms. The molecule has 2 aromatic carbocycles. The van der Waals surface area contributed by atoms with Crippen LogP contribution in [0.1, 0.15) is 31.0 Å². The van der Waals surface area contributed by atoms with E-state index in [1.807, 2.05) is 13.8 Å². The summed E-state index contributed by atoms with van der Waals surface area (Å²) in [5.41, 5.74) is 0.752. The molecule has 0 aliphatic carbocycles. The standard InChI is InChI=1S/C21H19ClFNO3/c1-12(2)11-24-18(14-4-3-5-16(23)10-14)17(20(26)21(24)27)19(25)13-6-8-15(22)9-7-13/h3-10,12,18,25H,11H2,1-2H3/b19-17-. The largest absolute Gasteiger partial charge is 0.507 e. The zero-order valence-corrected chi connectivity index (χ0v) is 15.7.